The number of hydrogen-bond donors (Lipinski definition) is 2. The van der Waals surface area contributed by atoms with E-state index < -0.39 is 0 Å². The highest BCUT2D eigenvalue weighted by atomic mass is 16.5. The molecule has 0 atom stereocenters. The summed E-state index contributed by atoms with van der Waals surface area (Å²) < 4.78 is 5.37. The van der Waals surface area contributed by atoms with Crippen molar-refractivity contribution in [2.24, 2.45) is 4.99 Å². The number of para-hydroxylation sites is 1. The second-order valence-electron chi connectivity index (χ2n) is 5.11. The number of nitrogens with zero attached hydrogens (tertiary/aromatic N) is 1. The quantitative estimate of drug-likeness (QED) is 0.480. The van der Waals surface area contributed by atoms with Gasteiger partial charge in [0.15, 0.2) is 5.96 Å². The minimum Gasteiger partial charge on any atom is -0.496 e. The second kappa shape index (κ2) is 8.35. The minimum absolute atomic E-state index is 0.481. The normalized spacial score (nSPS) is 15.2. The van der Waals surface area contributed by atoms with Gasteiger partial charge in [0.2, 0.25) is 0 Å². The van der Waals surface area contributed by atoms with E-state index in [1.165, 1.54) is 5.56 Å². The van der Waals surface area contributed by atoms with Gasteiger partial charge in [-0.05, 0) is 37.8 Å². The van der Waals surface area contributed by atoms with E-state index in [2.05, 4.69) is 40.8 Å². The number of aliphatic imine (C=N–C) groups is 1. The van der Waals surface area contributed by atoms with Gasteiger partial charge >= 0.3 is 0 Å². The number of nitrogens with one attached hydrogen (secondary N) is 2. The van der Waals surface area contributed by atoms with E-state index in [-0.39, 0.29) is 0 Å². The number of benzene rings is 1. The van der Waals surface area contributed by atoms with Gasteiger partial charge in [0.05, 0.1) is 7.11 Å². The van der Waals surface area contributed by atoms with Crippen molar-refractivity contribution in [1.29, 1.82) is 0 Å². The molecule has 2 N–H and O–H groups in total. The van der Waals surface area contributed by atoms with Crippen LogP contribution in [-0.4, -0.2) is 32.2 Å². The zero-order valence-corrected chi connectivity index (χ0v) is 12.9. The summed E-state index contributed by atoms with van der Waals surface area (Å²) in [5, 5.41) is 6.78. The van der Waals surface area contributed by atoms with Crippen LogP contribution in [0.15, 0.2) is 41.4 Å². The Balaban J connectivity index is 1.89. The topological polar surface area (TPSA) is 45.7 Å². The maximum atomic E-state index is 5.37. The predicted octanol–water partition coefficient (Wildman–Crippen LogP) is 2.51. The Labute approximate surface area is 127 Å². The maximum Gasteiger partial charge on any atom is 0.191 e. The molecule has 4 nitrogen and oxygen atoms in total. The summed E-state index contributed by atoms with van der Waals surface area (Å²) in [6.07, 6.45) is 7.48. The van der Waals surface area contributed by atoms with Gasteiger partial charge in [0.25, 0.3) is 0 Å². The first-order chi connectivity index (χ1) is 10.3. The van der Waals surface area contributed by atoms with Gasteiger partial charge in [-0.15, -0.1) is 0 Å². The average molecular weight is 287 g/mol. The van der Waals surface area contributed by atoms with Crippen molar-refractivity contribution in [2.45, 2.75) is 32.2 Å². The fourth-order valence-corrected chi connectivity index (χ4v) is 2.45. The first-order valence-electron chi connectivity index (χ1n) is 7.65. The lowest BCUT2D eigenvalue weighted by Crippen LogP contribution is -2.42. The van der Waals surface area contributed by atoms with Gasteiger partial charge in [-0.1, -0.05) is 30.4 Å². The van der Waals surface area contributed by atoms with Crippen LogP contribution in [0.1, 0.15) is 25.3 Å². The van der Waals surface area contributed by atoms with E-state index in [0.717, 1.165) is 44.1 Å². The average Bonchev–Trinajstić information content (AvgIpc) is 3.01. The maximum absolute atomic E-state index is 5.37. The van der Waals surface area contributed by atoms with Crippen LogP contribution < -0.4 is 15.4 Å². The molecule has 1 aliphatic carbocycles. The molecule has 114 valence electrons. The van der Waals surface area contributed by atoms with Gasteiger partial charge in [0.1, 0.15) is 5.75 Å². The van der Waals surface area contributed by atoms with E-state index in [4.69, 9.17) is 4.74 Å². The van der Waals surface area contributed by atoms with Crippen LogP contribution in [0.25, 0.3) is 0 Å². The van der Waals surface area contributed by atoms with Crippen LogP contribution in [0.3, 0.4) is 0 Å². The molecular formula is C17H25N3O. The lowest BCUT2D eigenvalue weighted by molar-refractivity contribution is 0.410. The van der Waals surface area contributed by atoms with Crippen molar-refractivity contribution in [2.75, 3.05) is 20.2 Å². The third-order valence-electron chi connectivity index (χ3n) is 3.54. The van der Waals surface area contributed by atoms with E-state index in [1.54, 1.807) is 7.11 Å². The molecule has 1 aromatic rings. The SMILES string of the molecule is CCNC(=NCCc1ccccc1OC)NC1CC=CC1. The van der Waals surface area contributed by atoms with Crippen molar-refractivity contribution in [3.05, 3.63) is 42.0 Å². The highest BCUT2D eigenvalue weighted by Gasteiger charge is 2.11. The number of hydrogen-bond acceptors (Lipinski definition) is 2. The highest BCUT2D eigenvalue weighted by molar-refractivity contribution is 5.80. The minimum atomic E-state index is 0.481. The molecule has 0 aliphatic heterocycles. The van der Waals surface area contributed by atoms with Gasteiger partial charge in [-0.25, -0.2) is 0 Å². The molecule has 0 unspecified atom stereocenters. The first-order valence-corrected chi connectivity index (χ1v) is 7.65. The molecule has 2 rings (SSSR count). The fourth-order valence-electron chi connectivity index (χ4n) is 2.45. The van der Waals surface area contributed by atoms with Crippen molar-refractivity contribution in [1.82, 2.24) is 10.6 Å². The summed E-state index contributed by atoms with van der Waals surface area (Å²) >= 11 is 0. The Hall–Kier alpha value is -1.97. The van der Waals surface area contributed by atoms with Crippen molar-refractivity contribution in [3.63, 3.8) is 0 Å². The van der Waals surface area contributed by atoms with Crippen LogP contribution in [0.2, 0.25) is 0 Å². The van der Waals surface area contributed by atoms with E-state index >= 15 is 0 Å². The van der Waals surface area contributed by atoms with Crippen LogP contribution in [0, 0.1) is 0 Å². The Morgan fingerprint density at radius 2 is 2.05 bits per heavy atom. The number of rotatable bonds is 6. The molecule has 4 heteroatoms. The first kappa shape index (κ1) is 15.4. The van der Waals surface area contributed by atoms with Crippen molar-refractivity contribution >= 4 is 5.96 Å². The number of methoxy groups -OCH3 is 1. The van der Waals surface area contributed by atoms with Crippen LogP contribution in [-0.2, 0) is 6.42 Å². The standard InChI is InChI=1S/C17H25N3O/c1-3-18-17(20-15-9-5-6-10-15)19-13-12-14-8-4-7-11-16(14)21-2/h4-8,11,15H,3,9-10,12-13H2,1-2H3,(H2,18,19,20). The molecular weight excluding hydrogens is 262 g/mol. The zero-order chi connectivity index (χ0) is 14.9. The molecule has 0 saturated heterocycles. The molecule has 0 spiro atoms. The molecule has 0 radical (unpaired) electrons. The molecule has 0 aromatic heterocycles. The molecule has 0 amide bonds. The molecule has 0 fully saturated rings. The van der Waals surface area contributed by atoms with Crippen LogP contribution in [0.5, 0.6) is 5.75 Å². The van der Waals surface area contributed by atoms with Gasteiger partial charge < -0.3 is 15.4 Å². The molecule has 1 aromatic carbocycles. The summed E-state index contributed by atoms with van der Waals surface area (Å²) in [6.45, 7) is 3.71. The van der Waals surface area contributed by atoms with Gasteiger partial charge in [-0.2, -0.15) is 0 Å². The summed E-state index contributed by atoms with van der Waals surface area (Å²) in [6, 6.07) is 8.59. The largest absolute Gasteiger partial charge is 0.496 e. The molecule has 1 aliphatic rings. The third kappa shape index (κ3) is 4.81. The van der Waals surface area contributed by atoms with Crippen molar-refractivity contribution < 1.29 is 4.74 Å². The predicted molar refractivity (Wildman–Crippen MR) is 88.0 cm³/mol. The second-order valence-corrected chi connectivity index (χ2v) is 5.11. The zero-order valence-electron chi connectivity index (χ0n) is 12.9. The van der Waals surface area contributed by atoms with Crippen LogP contribution in [0.4, 0.5) is 0 Å². The molecule has 0 saturated carbocycles. The monoisotopic (exact) mass is 287 g/mol. The summed E-state index contributed by atoms with van der Waals surface area (Å²) in [5.74, 6) is 1.84. The van der Waals surface area contributed by atoms with Crippen LogP contribution >= 0.6 is 0 Å². The van der Waals surface area contributed by atoms with Gasteiger partial charge in [0, 0.05) is 19.1 Å². The third-order valence-corrected chi connectivity index (χ3v) is 3.54. The molecule has 0 bridgehead atoms. The van der Waals surface area contributed by atoms with E-state index in [0.29, 0.717) is 6.04 Å². The molecule has 0 heterocycles. The smallest absolute Gasteiger partial charge is 0.191 e. The summed E-state index contributed by atoms with van der Waals surface area (Å²) in [7, 11) is 1.71. The highest BCUT2D eigenvalue weighted by Crippen LogP contribution is 2.17. The summed E-state index contributed by atoms with van der Waals surface area (Å²) in [4.78, 5) is 4.66. The Morgan fingerprint density at radius 1 is 1.29 bits per heavy atom. The lowest BCUT2D eigenvalue weighted by atomic mass is 10.1. The number of guanidine groups is 1. The van der Waals surface area contributed by atoms with Gasteiger partial charge in [-0.3, -0.25) is 4.99 Å². The van der Waals surface area contributed by atoms with E-state index in [1.807, 2.05) is 18.2 Å². The fraction of sp³-hybridized carbons (Fsp3) is 0.471. The van der Waals surface area contributed by atoms with E-state index in [9.17, 15) is 0 Å². The lowest BCUT2D eigenvalue weighted by Gasteiger charge is -2.16. The Bertz CT molecular complexity index is 489. The summed E-state index contributed by atoms with van der Waals surface area (Å²) in [5.41, 5.74) is 1.20. The molecule has 21 heavy (non-hydrogen) atoms. The Kier molecular flexibility index (Phi) is 6.13. The Morgan fingerprint density at radius 3 is 2.76 bits per heavy atom. The number of ether oxygens (including phenoxy) is 1. The van der Waals surface area contributed by atoms with Crippen molar-refractivity contribution in [3.8, 4) is 5.75 Å².